The zero-order valence-corrected chi connectivity index (χ0v) is 12.9. The van der Waals surface area contributed by atoms with E-state index in [4.69, 9.17) is 12.2 Å². The molecule has 0 aliphatic heterocycles. The number of hydrogen-bond acceptors (Lipinski definition) is 2. The second-order valence-electron chi connectivity index (χ2n) is 6.18. The van der Waals surface area contributed by atoms with Gasteiger partial charge in [-0.1, -0.05) is 30.3 Å². The second-order valence-corrected chi connectivity index (χ2v) is 6.59. The van der Waals surface area contributed by atoms with Gasteiger partial charge in [0.15, 0.2) is 5.11 Å². The van der Waals surface area contributed by atoms with Crippen LogP contribution in [-0.2, 0) is 4.79 Å². The van der Waals surface area contributed by atoms with Gasteiger partial charge in [0.2, 0.25) is 5.91 Å². The molecule has 1 aromatic carbocycles. The monoisotopic (exact) mass is 291 g/mol. The van der Waals surface area contributed by atoms with Crippen LogP contribution in [0.4, 0.5) is 0 Å². The van der Waals surface area contributed by atoms with E-state index in [1.165, 1.54) is 5.56 Å². The van der Waals surface area contributed by atoms with Gasteiger partial charge in [0.1, 0.15) is 0 Å². The molecule has 0 bridgehead atoms. The van der Waals surface area contributed by atoms with Gasteiger partial charge in [-0.2, -0.15) is 0 Å². The molecule has 1 saturated carbocycles. The van der Waals surface area contributed by atoms with Crippen molar-refractivity contribution < 1.29 is 4.79 Å². The average Bonchev–Trinajstić information content (AvgIpc) is 3.15. The van der Waals surface area contributed by atoms with Gasteiger partial charge in [-0.05, 0) is 50.9 Å². The maximum absolute atomic E-state index is 12.0. The Morgan fingerprint density at radius 3 is 2.45 bits per heavy atom. The van der Waals surface area contributed by atoms with E-state index in [-0.39, 0.29) is 17.4 Å². The van der Waals surface area contributed by atoms with E-state index in [2.05, 4.69) is 28.3 Å². The van der Waals surface area contributed by atoms with Crippen molar-refractivity contribution in [2.45, 2.75) is 38.6 Å². The van der Waals surface area contributed by atoms with Gasteiger partial charge in [0.25, 0.3) is 0 Å². The van der Waals surface area contributed by atoms with E-state index in [0.29, 0.717) is 11.0 Å². The maximum Gasteiger partial charge on any atom is 0.242 e. The van der Waals surface area contributed by atoms with Gasteiger partial charge in [-0.25, -0.2) is 0 Å². The summed E-state index contributed by atoms with van der Waals surface area (Å²) in [6.07, 6.45) is 0.900. The van der Waals surface area contributed by atoms with Crippen molar-refractivity contribution in [2.24, 2.45) is 5.92 Å². The highest BCUT2D eigenvalue weighted by Gasteiger charge is 2.43. The molecule has 1 aliphatic rings. The third kappa shape index (κ3) is 4.20. The van der Waals surface area contributed by atoms with Crippen molar-refractivity contribution in [1.82, 2.24) is 16.2 Å². The molecule has 5 heteroatoms. The number of hydrazine groups is 1. The summed E-state index contributed by atoms with van der Waals surface area (Å²) in [7, 11) is 0. The topological polar surface area (TPSA) is 53.2 Å². The Morgan fingerprint density at radius 1 is 1.20 bits per heavy atom. The summed E-state index contributed by atoms with van der Waals surface area (Å²) >= 11 is 5.11. The van der Waals surface area contributed by atoms with Crippen LogP contribution in [0.3, 0.4) is 0 Å². The molecule has 3 N–H and O–H groups in total. The van der Waals surface area contributed by atoms with E-state index in [1.807, 2.05) is 39.0 Å². The minimum atomic E-state index is -0.124. The standard InChI is InChI=1S/C15H21N3OS/c1-15(2,3)16-14(20)18-17-13(19)12-9-11(12)10-7-5-4-6-8-10/h4-8,11-12H,9H2,1-3H3,(H,17,19)(H2,16,18,20)/t11-,12-/m0/s1. The van der Waals surface area contributed by atoms with Crippen molar-refractivity contribution in [1.29, 1.82) is 0 Å². The Hall–Kier alpha value is -1.62. The fraction of sp³-hybridized carbons (Fsp3) is 0.467. The molecular weight excluding hydrogens is 270 g/mol. The molecule has 0 saturated heterocycles. The molecule has 0 heterocycles. The Morgan fingerprint density at radius 2 is 1.85 bits per heavy atom. The van der Waals surface area contributed by atoms with Gasteiger partial charge in [0.05, 0.1) is 0 Å². The van der Waals surface area contributed by atoms with Crippen molar-refractivity contribution in [3.8, 4) is 0 Å². The van der Waals surface area contributed by atoms with Crippen LogP contribution in [0, 0.1) is 5.92 Å². The fourth-order valence-electron chi connectivity index (χ4n) is 2.14. The number of hydrogen-bond donors (Lipinski definition) is 3. The molecule has 1 aromatic rings. The Kier molecular flexibility index (Phi) is 4.28. The zero-order valence-electron chi connectivity index (χ0n) is 12.1. The summed E-state index contributed by atoms with van der Waals surface area (Å²) in [5.41, 5.74) is 6.53. The van der Waals surface area contributed by atoms with E-state index in [1.54, 1.807) is 0 Å². The Bertz CT molecular complexity index is 496. The number of carbonyl (C=O) groups excluding carboxylic acids is 1. The van der Waals surface area contributed by atoms with Gasteiger partial charge >= 0.3 is 0 Å². The minimum Gasteiger partial charge on any atom is -0.357 e. The number of amides is 1. The molecule has 0 aromatic heterocycles. The number of nitrogens with one attached hydrogen (secondary N) is 3. The molecule has 1 fully saturated rings. The first kappa shape index (κ1) is 14.8. The van der Waals surface area contributed by atoms with Crippen LogP contribution in [0.15, 0.2) is 30.3 Å². The quantitative estimate of drug-likeness (QED) is 0.577. The molecule has 0 unspecified atom stereocenters. The SMILES string of the molecule is CC(C)(C)NC(=S)NNC(=O)[C@H]1C[C@H]1c1ccccc1. The first-order chi connectivity index (χ1) is 9.37. The molecule has 1 amide bonds. The molecule has 1 aliphatic carbocycles. The van der Waals surface area contributed by atoms with Gasteiger partial charge in [-0.15, -0.1) is 0 Å². The number of thiocarbonyl (C=S) groups is 1. The predicted molar refractivity (Wildman–Crippen MR) is 84.1 cm³/mol. The summed E-state index contributed by atoms with van der Waals surface area (Å²) in [5.74, 6) is 0.376. The van der Waals surface area contributed by atoms with E-state index in [0.717, 1.165) is 6.42 Å². The van der Waals surface area contributed by atoms with Crippen molar-refractivity contribution in [3.63, 3.8) is 0 Å². The smallest absolute Gasteiger partial charge is 0.242 e. The third-order valence-electron chi connectivity index (χ3n) is 3.14. The fourth-order valence-corrected chi connectivity index (χ4v) is 2.49. The highest BCUT2D eigenvalue weighted by atomic mass is 32.1. The van der Waals surface area contributed by atoms with E-state index >= 15 is 0 Å². The summed E-state index contributed by atoms with van der Waals surface area (Å²) in [6.45, 7) is 6.03. The van der Waals surface area contributed by atoms with Crippen LogP contribution in [0.5, 0.6) is 0 Å². The summed E-state index contributed by atoms with van der Waals surface area (Å²) < 4.78 is 0. The minimum absolute atomic E-state index is 0.00286. The molecule has 2 rings (SSSR count). The van der Waals surface area contributed by atoms with Gasteiger partial charge in [-0.3, -0.25) is 15.6 Å². The van der Waals surface area contributed by atoms with Crippen LogP contribution in [0.1, 0.15) is 38.7 Å². The molecule has 2 atom stereocenters. The maximum atomic E-state index is 12.0. The van der Waals surface area contributed by atoms with Gasteiger partial charge in [0, 0.05) is 11.5 Å². The van der Waals surface area contributed by atoms with Crippen LogP contribution >= 0.6 is 12.2 Å². The Labute approximate surface area is 125 Å². The lowest BCUT2D eigenvalue weighted by atomic mass is 10.1. The molecule has 4 nitrogen and oxygen atoms in total. The predicted octanol–water partition coefficient (Wildman–Crippen LogP) is 2.08. The van der Waals surface area contributed by atoms with E-state index in [9.17, 15) is 4.79 Å². The second kappa shape index (κ2) is 5.79. The van der Waals surface area contributed by atoms with Crippen LogP contribution in [0.2, 0.25) is 0 Å². The van der Waals surface area contributed by atoms with Gasteiger partial charge < -0.3 is 5.32 Å². The van der Waals surface area contributed by atoms with Crippen LogP contribution in [0.25, 0.3) is 0 Å². The first-order valence-corrected chi connectivity index (χ1v) is 7.20. The average molecular weight is 291 g/mol. The molecule has 0 radical (unpaired) electrons. The molecule has 20 heavy (non-hydrogen) atoms. The molecule has 108 valence electrons. The largest absolute Gasteiger partial charge is 0.357 e. The number of carbonyl (C=O) groups is 1. The van der Waals surface area contributed by atoms with Crippen LogP contribution in [-0.4, -0.2) is 16.6 Å². The lowest BCUT2D eigenvalue weighted by Crippen LogP contribution is -2.52. The van der Waals surface area contributed by atoms with Crippen LogP contribution < -0.4 is 16.2 Å². The zero-order chi connectivity index (χ0) is 14.8. The summed E-state index contributed by atoms with van der Waals surface area (Å²) in [6, 6.07) is 10.1. The summed E-state index contributed by atoms with van der Waals surface area (Å²) in [4.78, 5) is 12.0. The normalized spacial score (nSPS) is 20.9. The molecule has 0 spiro atoms. The summed E-state index contributed by atoms with van der Waals surface area (Å²) in [5, 5.41) is 3.52. The first-order valence-electron chi connectivity index (χ1n) is 6.80. The Balaban J connectivity index is 1.76. The molecular formula is C15H21N3OS. The lowest BCUT2D eigenvalue weighted by molar-refractivity contribution is -0.123. The number of rotatable bonds is 2. The van der Waals surface area contributed by atoms with Crippen molar-refractivity contribution in [3.05, 3.63) is 35.9 Å². The number of benzene rings is 1. The van der Waals surface area contributed by atoms with Crippen molar-refractivity contribution >= 4 is 23.2 Å². The van der Waals surface area contributed by atoms with Crippen molar-refractivity contribution in [2.75, 3.05) is 0 Å². The van der Waals surface area contributed by atoms with E-state index < -0.39 is 0 Å². The highest BCUT2D eigenvalue weighted by Crippen LogP contribution is 2.47. The highest BCUT2D eigenvalue weighted by molar-refractivity contribution is 7.80. The third-order valence-corrected chi connectivity index (χ3v) is 3.35. The lowest BCUT2D eigenvalue weighted by Gasteiger charge is -2.23.